The molecule has 0 aromatic heterocycles. The molecule has 314 valence electrons. The minimum Gasteiger partial charge on any atom is -0.504 e. The number of benzene rings is 3. The molecule has 15 N–H and O–H groups in total. The molecule has 0 atom stereocenters. The number of carbonyl (C=O) groups excluding carboxylic acids is 6. The summed E-state index contributed by atoms with van der Waals surface area (Å²) in [5.41, 5.74) is -2.15. The zero-order valence-electron chi connectivity index (χ0n) is 30.9. The van der Waals surface area contributed by atoms with E-state index in [1.807, 2.05) is 0 Å². The monoisotopic (exact) mass is 815 g/mol. The molecule has 0 aliphatic carbocycles. The second-order valence-electron chi connectivity index (χ2n) is 12.1. The normalized spacial score (nSPS) is 10.8. The van der Waals surface area contributed by atoms with Crippen LogP contribution in [0, 0.1) is 0 Å². The van der Waals surface area contributed by atoms with Crippen molar-refractivity contribution >= 4 is 35.4 Å². The molecular formula is C36H45N7O15. The van der Waals surface area contributed by atoms with Crippen molar-refractivity contribution in [2.24, 2.45) is 0 Å². The Morgan fingerprint density at radius 1 is 0.345 bits per heavy atom. The predicted molar refractivity (Wildman–Crippen MR) is 201 cm³/mol. The molecule has 0 saturated carbocycles. The molecule has 22 nitrogen and oxygen atoms in total. The summed E-state index contributed by atoms with van der Waals surface area (Å²) < 4.78 is 0. The van der Waals surface area contributed by atoms with E-state index in [0.29, 0.717) is 0 Å². The van der Waals surface area contributed by atoms with Gasteiger partial charge in [0.15, 0.2) is 34.5 Å². The van der Waals surface area contributed by atoms with Crippen molar-refractivity contribution in [2.45, 2.75) is 0 Å². The summed E-state index contributed by atoms with van der Waals surface area (Å²) in [4.78, 5) is 76.9. The SMILES string of the molecule is O=C(NCCO)c1ccc(C(=O)NCCN(CCNC(=O)c2ccc(C(=O)NCCO)c(O)c2O)CCNC(=O)c2ccc(C(=O)NCCO)c(O)c2O)c(O)c1O. The molecule has 0 unspecified atom stereocenters. The van der Waals surface area contributed by atoms with E-state index in [0.717, 1.165) is 36.4 Å². The van der Waals surface area contributed by atoms with Crippen molar-refractivity contribution < 1.29 is 74.7 Å². The Balaban J connectivity index is 1.70. The highest BCUT2D eigenvalue weighted by Gasteiger charge is 2.24. The third kappa shape index (κ3) is 11.8. The highest BCUT2D eigenvalue weighted by atomic mass is 16.3. The summed E-state index contributed by atoms with van der Waals surface area (Å²) in [6.07, 6.45) is 0. The summed E-state index contributed by atoms with van der Waals surface area (Å²) in [6.45, 7) is -1.69. The van der Waals surface area contributed by atoms with Gasteiger partial charge in [0.2, 0.25) is 0 Å². The summed E-state index contributed by atoms with van der Waals surface area (Å²) in [7, 11) is 0. The molecule has 6 amide bonds. The summed E-state index contributed by atoms with van der Waals surface area (Å²) in [5.74, 6) is -10.2. The average molecular weight is 816 g/mol. The fourth-order valence-corrected chi connectivity index (χ4v) is 5.24. The van der Waals surface area contributed by atoms with Gasteiger partial charge in [0.25, 0.3) is 35.4 Å². The topological polar surface area (TPSA) is 360 Å². The summed E-state index contributed by atoms with van der Waals surface area (Å²) in [5, 5.41) is 103. The molecule has 0 bridgehead atoms. The molecule has 0 fully saturated rings. The maximum Gasteiger partial charge on any atom is 0.255 e. The van der Waals surface area contributed by atoms with Crippen molar-refractivity contribution in [2.75, 3.05) is 78.7 Å². The summed E-state index contributed by atoms with van der Waals surface area (Å²) >= 11 is 0. The van der Waals surface area contributed by atoms with Gasteiger partial charge < -0.3 is 77.9 Å². The third-order valence-corrected chi connectivity index (χ3v) is 8.25. The number of nitrogens with one attached hydrogen (secondary N) is 6. The minimum atomic E-state index is -0.877. The molecule has 0 aliphatic heterocycles. The van der Waals surface area contributed by atoms with Crippen LogP contribution in [0.3, 0.4) is 0 Å². The van der Waals surface area contributed by atoms with Gasteiger partial charge in [-0.05, 0) is 36.4 Å². The van der Waals surface area contributed by atoms with Gasteiger partial charge >= 0.3 is 0 Å². The molecule has 0 aliphatic rings. The molecule has 3 rings (SSSR count). The highest BCUT2D eigenvalue weighted by molar-refractivity contribution is 6.04. The number of rotatable bonds is 21. The smallest absolute Gasteiger partial charge is 0.255 e. The lowest BCUT2D eigenvalue weighted by Crippen LogP contribution is -2.43. The number of phenolic OH excluding ortho intramolecular Hbond substituents is 6. The van der Waals surface area contributed by atoms with Gasteiger partial charge in [0.05, 0.1) is 53.2 Å². The number of aliphatic hydroxyl groups excluding tert-OH is 3. The van der Waals surface area contributed by atoms with E-state index < -0.39 is 69.9 Å². The van der Waals surface area contributed by atoms with E-state index in [9.17, 15) is 59.4 Å². The number of aliphatic hydroxyl groups is 3. The van der Waals surface area contributed by atoms with Crippen LogP contribution in [0.1, 0.15) is 62.1 Å². The Morgan fingerprint density at radius 2 is 0.517 bits per heavy atom. The van der Waals surface area contributed by atoms with E-state index in [-0.39, 0.29) is 112 Å². The fourth-order valence-electron chi connectivity index (χ4n) is 5.24. The first-order valence-corrected chi connectivity index (χ1v) is 17.6. The minimum absolute atomic E-state index is 0.0409. The lowest BCUT2D eigenvalue weighted by atomic mass is 10.1. The second kappa shape index (κ2) is 22.0. The maximum absolute atomic E-state index is 12.9. The van der Waals surface area contributed by atoms with E-state index in [2.05, 4.69) is 31.9 Å². The number of hydrogen-bond acceptors (Lipinski definition) is 16. The van der Waals surface area contributed by atoms with Crippen molar-refractivity contribution in [1.82, 2.24) is 36.8 Å². The number of carbonyl (C=O) groups is 6. The Kier molecular flexibility index (Phi) is 17.3. The van der Waals surface area contributed by atoms with Gasteiger partial charge in [0, 0.05) is 58.9 Å². The molecule has 3 aromatic rings. The van der Waals surface area contributed by atoms with Crippen LogP contribution in [0.15, 0.2) is 36.4 Å². The van der Waals surface area contributed by atoms with Crippen LogP contribution >= 0.6 is 0 Å². The van der Waals surface area contributed by atoms with E-state index in [4.69, 9.17) is 15.3 Å². The van der Waals surface area contributed by atoms with Crippen LogP contribution in [0.5, 0.6) is 34.5 Å². The number of hydrogen-bond donors (Lipinski definition) is 15. The molecule has 0 radical (unpaired) electrons. The van der Waals surface area contributed by atoms with Crippen molar-refractivity contribution in [3.05, 3.63) is 69.8 Å². The number of nitrogens with zero attached hydrogens (tertiary/aromatic N) is 1. The zero-order chi connectivity index (χ0) is 42.9. The lowest BCUT2D eigenvalue weighted by molar-refractivity contribution is 0.0921. The van der Waals surface area contributed by atoms with E-state index in [1.165, 1.54) is 0 Å². The van der Waals surface area contributed by atoms with Gasteiger partial charge in [-0.1, -0.05) is 0 Å². The second-order valence-corrected chi connectivity index (χ2v) is 12.1. The van der Waals surface area contributed by atoms with Gasteiger partial charge in [-0.25, -0.2) is 0 Å². The Bertz CT molecular complexity index is 1770. The van der Waals surface area contributed by atoms with Crippen LogP contribution in [-0.2, 0) is 0 Å². The van der Waals surface area contributed by atoms with Crippen LogP contribution in [-0.4, -0.2) is 165 Å². The first kappa shape index (κ1) is 45.5. The number of phenols is 6. The standard InChI is InChI=1S/C36H45N7O15/c44-16-10-40-34(56)22-4-1-19(25(47)28(22)50)31(53)37-7-13-43(14-8-38-32(54)20-2-5-23(29(51)26(20)48)35(57)41-11-17-45)15-9-39-33(55)21-3-6-24(30(52)27(21)49)36(58)42-12-18-46/h1-6,44-52H,7-18H2,(H,37,53)(H,38,54)(H,39,55)(H,40,56)(H,41,57)(H,42,58). The first-order valence-electron chi connectivity index (χ1n) is 17.6. The lowest BCUT2D eigenvalue weighted by Gasteiger charge is -2.23. The fraction of sp³-hybridized carbons (Fsp3) is 0.333. The van der Waals surface area contributed by atoms with Crippen LogP contribution < -0.4 is 31.9 Å². The zero-order valence-corrected chi connectivity index (χ0v) is 30.9. The van der Waals surface area contributed by atoms with Crippen LogP contribution in [0.2, 0.25) is 0 Å². The van der Waals surface area contributed by atoms with Crippen molar-refractivity contribution in [1.29, 1.82) is 0 Å². The number of amides is 6. The quantitative estimate of drug-likeness (QED) is 0.0476. The molecule has 22 heteroatoms. The highest BCUT2D eigenvalue weighted by Crippen LogP contribution is 2.34. The average Bonchev–Trinajstić information content (AvgIpc) is 3.20. The maximum atomic E-state index is 12.9. The Morgan fingerprint density at radius 3 is 0.690 bits per heavy atom. The largest absolute Gasteiger partial charge is 0.504 e. The predicted octanol–water partition coefficient (Wildman–Crippen LogP) is -3.02. The van der Waals surface area contributed by atoms with Crippen LogP contribution in [0.4, 0.5) is 0 Å². The van der Waals surface area contributed by atoms with Crippen molar-refractivity contribution in [3.8, 4) is 34.5 Å². The van der Waals surface area contributed by atoms with Gasteiger partial charge in [-0.15, -0.1) is 0 Å². The van der Waals surface area contributed by atoms with E-state index in [1.54, 1.807) is 4.90 Å². The van der Waals surface area contributed by atoms with Crippen LogP contribution in [0.25, 0.3) is 0 Å². The van der Waals surface area contributed by atoms with Crippen molar-refractivity contribution in [3.63, 3.8) is 0 Å². The molecule has 3 aromatic carbocycles. The molecule has 0 heterocycles. The van der Waals surface area contributed by atoms with Gasteiger partial charge in [0.1, 0.15) is 0 Å². The van der Waals surface area contributed by atoms with E-state index >= 15 is 0 Å². The number of aromatic hydroxyl groups is 6. The van der Waals surface area contributed by atoms with Gasteiger partial charge in [-0.2, -0.15) is 0 Å². The molecular weight excluding hydrogens is 770 g/mol. The molecule has 0 spiro atoms. The Labute approximate surface area is 329 Å². The third-order valence-electron chi connectivity index (χ3n) is 8.25. The van der Waals surface area contributed by atoms with Gasteiger partial charge in [-0.3, -0.25) is 33.7 Å². The molecule has 58 heavy (non-hydrogen) atoms. The molecule has 0 saturated heterocycles. The summed E-state index contributed by atoms with van der Waals surface area (Å²) in [6, 6.07) is 6.60. The Hall–Kier alpha value is -6.88. The first-order chi connectivity index (χ1) is 27.7.